The van der Waals surface area contributed by atoms with Gasteiger partial charge in [0.15, 0.2) is 0 Å². The normalized spacial score (nSPS) is 9.26. The second-order valence-corrected chi connectivity index (χ2v) is 4.51. The predicted molar refractivity (Wildman–Crippen MR) is 84.1 cm³/mol. The summed E-state index contributed by atoms with van der Waals surface area (Å²) in [5, 5.41) is 0. The molecular weight excluding hydrogens is 284 g/mol. The van der Waals surface area contributed by atoms with Crippen LogP contribution in [0.1, 0.15) is 45.4 Å². The third kappa shape index (κ3) is 20.1. The molecule has 114 valence electrons. The Morgan fingerprint density at radius 1 is 0.895 bits per heavy atom. The number of ether oxygens (including phenoxy) is 2. The van der Waals surface area contributed by atoms with Gasteiger partial charge in [-0.15, -0.1) is 0 Å². The molecule has 0 aliphatic rings. The molecule has 0 radical (unpaired) electrons. The number of rotatable bonds is 9. The van der Waals surface area contributed by atoms with Crippen molar-refractivity contribution in [2.24, 2.45) is 0 Å². The van der Waals surface area contributed by atoms with Crippen LogP contribution in [-0.2, 0) is 19.1 Å². The minimum atomic E-state index is -0.293. The van der Waals surface area contributed by atoms with Gasteiger partial charge in [0, 0.05) is 0 Å². The third-order valence-corrected chi connectivity index (χ3v) is 2.76. The van der Waals surface area contributed by atoms with Crippen LogP contribution < -0.4 is 0 Å². The molecule has 0 saturated carbocycles. The zero-order valence-electron chi connectivity index (χ0n) is 11.9. The molecule has 0 spiro atoms. The Kier molecular flexibility index (Phi) is 19.4. The minimum absolute atomic E-state index is 0.163. The van der Waals surface area contributed by atoms with Gasteiger partial charge in [-0.05, 0) is 6.42 Å². The van der Waals surface area contributed by atoms with E-state index in [1.165, 1.54) is 39.2 Å². The molecule has 0 rings (SSSR count). The summed E-state index contributed by atoms with van der Waals surface area (Å²) in [4.78, 5) is 20.5. The number of methoxy groups -OCH3 is 1. The van der Waals surface area contributed by atoms with Crippen LogP contribution in [0.15, 0.2) is 0 Å². The Hall–Kier alpha value is -0.360. The number of carbonyl (C=O) groups excluding carboxylic acids is 2. The van der Waals surface area contributed by atoms with E-state index in [0.717, 1.165) is 6.42 Å². The molecule has 0 bridgehead atoms. The first kappa shape index (κ1) is 20.9. The summed E-state index contributed by atoms with van der Waals surface area (Å²) in [5.74, 6) is -0.151. The summed E-state index contributed by atoms with van der Waals surface area (Å²) in [6.45, 7) is 2.76. The maximum atomic E-state index is 10.6. The van der Waals surface area contributed by atoms with Crippen LogP contribution in [0.2, 0.25) is 0 Å². The van der Waals surface area contributed by atoms with Gasteiger partial charge in [0.05, 0.1) is 25.2 Å². The quantitative estimate of drug-likeness (QED) is 0.390. The average Bonchev–Trinajstić information content (AvgIpc) is 2.45. The third-order valence-electron chi connectivity index (χ3n) is 2.25. The smallest absolute Gasteiger partial charge is 0.315 e. The van der Waals surface area contributed by atoms with Crippen LogP contribution >= 0.6 is 25.3 Å². The molecule has 19 heavy (non-hydrogen) atoms. The van der Waals surface area contributed by atoms with Gasteiger partial charge in [0.1, 0.15) is 0 Å². The van der Waals surface area contributed by atoms with Crippen LogP contribution in [0.4, 0.5) is 0 Å². The van der Waals surface area contributed by atoms with E-state index in [-0.39, 0.29) is 23.4 Å². The van der Waals surface area contributed by atoms with Crippen molar-refractivity contribution in [1.29, 1.82) is 0 Å². The van der Waals surface area contributed by atoms with Gasteiger partial charge in [-0.2, -0.15) is 25.3 Å². The Morgan fingerprint density at radius 3 is 1.84 bits per heavy atom. The van der Waals surface area contributed by atoms with Crippen LogP contribution in [0.25, 0.3) is 0 Å². The monoisotopic (exact) mass is 310 g/mol. The van der Waals surface area contributed by atoms with Crippen molar-refractivity contribution in [3.63, 3.8) is 0 Å². The van der Waals surface area contributed by atoms with Crippen molar-refractivity contribution < 1.29 is 19.1 Å². The van der Waals surface area contributed by atoms with E-state index >= 15 is 0 Å². The minimum Gasteiger partial charge on any atom is -0.468 e. The SMILES string of the molecule is CCCCCCCCOC(=O)CS.COC(=O)CS. The fourth-order valence-corrected chi connectivity index (χ4v) is 1.40. The van der Waals surface area contributed by atoms with Gasteiger partial charge in [0.25, 0.3) is 0 Å². The first-order valence-corrected chi connectivity index (χ1v) is 7.83. The second-order valence-electron chi connectivity index (χ2n) is 3.88. The highest BCUT2D eigenvalue weighted by Gasteiger charge is 1.97. The molecule has 0 saturated heterocycles. The van der Waals surface area contributed by atoms with Gasteiger partial charge in [0.2, 0.25) is 0 Å². The van der Waals surface area contributed by atoms with E-state index in [1.54, 1.807) is 0 Å². The Labute approximate surface area is 127 Å². The van der Waals surface area contributed by atoms with E-state index in [4.69, 9.17) is 4.74 Å². The van der Waals surface area contributed by atoms with Gasteiger partial charge in [-0.1, -0.05) is 39.0 Å². The molecule has 0 aromatic carbocycles. The first-order valence-electron chi connectivity index (χ1n) is 6.56. The van der Waals surface area contributed by atoms with Gasteiger partial charge >= 0.3 is 11.9 Å². The zero-order chi connectivity index (χ0) is 14.9. The molecule has 4 nitrogen and oxygen atoms in total. The molecule has 0 aliphatic heterocycles. The molecule has 0 aromatic rings. The average molecular weight is 310 g/mol. The largest absolute Gasteiger partial charge is 0.468 e. The standard InChI is InChI=1S/C10H20O2S.C3H6O2S/c1-2-3-4-5-6-7-8-12-10(11)9-13;1-5-3(4)2-6/h13H,2-9H2,1H3;6H,2H2,1H3. The molecular formula is C13H26O4S2. The molecule has 0 unspecified atom stereocenters. The highest BCUT2D eigenvalue weighted by atomic mass is 32.1. The van der Waals surface area contributed by atoms with E-state index < -0.39 is 0 Å². The number of hydrogen-bond acceptors (Lipinski definition) is 6. The summed E-state index contributed by atoms with van der Waals surface area (Å²) >= 11 is 7.43. The lowest BCUT2D eigenvalue weighted by Crippen LogP contribution is -2.06. The first-order chi connectivity index (χ1) is 9.12. The number of carbonyl (C=O) groups is 2. The summed E-state index contributed by atoms with van der Waals surface area (Å²) in [7, 11) is 1.33. The summed E-state index contributed by atoms with van der Waals surface area (Å²) < 4.78 is 9.07. The molecule has 0 amide bonds. The van der Waals surface area contributed by atoms with Crippen LogP contribution in [0.3, 0.4) is 0 Å². The Balaban J connectivity index is 0. The topological polar surface area (TPSA) is 52.6 Å². The number of thiol groups is 2. The second kappa shape index (κ2) is 17.6. The summed E-state index contributed by atoms with van der Waals surface area (Å²) in [5.41, 5.74) is 0. The lowest BCUT2D eigenvalue weighted by atomic mass is 10.1. The number of hydrogen-bond donors (Lipinski definition) is 2. The molecule has 0 atom stereocenters. The summed E-state index contributed by atoms with van der Waals surface area (Å²) in [6, 6.07) is 0. The van der Waals surface area contributed by atoms with Crippen molar-refractivity contribution >= 4 is 37.2 Å². The lowest BCUT2D eigenvalue weighted by molar-refractivity contribution is -0.140. The molecule has 0 heterocycles. The molecule has 0 aliphatic carbocycles. The van der Waals surface area contributed by atoms with Crippen molar-refractivity contribution in [2.45, 2.75) is 45.4 Å². The zero-order valence-corrected chi connectivity index (χ0v) is 13.7. The number of unbranched alkanes of at least 4 members (excludes halogenated alkanes) is 5. The van der Waals surface area contributed by atoms with Crippen molar-refractivity contribution in [1.82, 2.24) is 0 Å². The van der Waals surface area contributed by atoms with Crippen molar-refractivity contribution in [3.05, 3.63) is 0 Å². The lowest BCUT2D eigenvalue weighted by Gasteiger charge is -2.02. The molecule has 0 aromatic heterocycles. The molecule has 0 fully saturated rings. The molecule has 0 N–H and O–H groups in total. The van der Waals surface area contributed by atoms with Crippen LogP contribution in [-0.4, -0.2) is 37.2 Å². The number of esters is 2. The van der Waals surface area contributed by atoms with Crippen LogP contribution in [0.5, 0.6) is 0 Å². The fourth-order valence-electron chi connectivity index (χ4n) is 1.18. The summed E-state index contributed by atoms with van der Waals surface area (Å²) in [6.07, 6.45) is 7.30. The Bertz CT molecular complexity index is 217. The van der Waals surface area contributed by atoms with Gasteiger partial charge in [-0.3, -0.25) is 9.59 Å². The van der Waals surface area contributed by atoms with E-state index in [9.17, 15) is 9.59 Å². The highest BCUT2D eigenvalue weighted by molar-refractivity contribution is 7.81. The van der Waals surface area contributed by atoms with Crippen molar-refractivity contribution in [3.8, 4) is 0 Å². The van der Waals surface area contributed by atoms with E-state index in [2.05, 4.69) is 36.9 Å². The maximum Gasteiger partial charge on any atom is 0.315 e. The van der Waals surface area contributed by atoms with Gasteiger partial charge in [-0.25, -0.2) is 0 Å². The Morgan fingerprint density at radius 2 is 1.42 bits per heavy atom. The van der Waals surface area contributed by atoms with Crippen molar-refractivity contribution in [2.75, 3.05) is 25.2 Å². The highest BCUT2D eigenvalue weighted by Crippen LogP contribution is 2.04. The molecule has 6 heteroatoms. The fraction of sp³-hybridized carbons (Fsp3) is 0.846. The van der Waals surface area contributed by atoms with E-state index in [1.807, 2.05) is 0 Å². The van der Waals surface area contributed by atoms with Crippen LogP contribution in [0, 0.1) is 0 Å². The van der Waals surface area contributed by atoms with Gasteiger partial charge < -0.3 is 9.47 Å². The maximum absolute atomic E-state index is 10.6. The predicted octanol–water partition coefficient (Wildman–Crippen LogP) is 2.91. The van der Waals surface area contributed by atoms with E-state index in [0.29, 0.717) is 6.61 Å².